The van der Waals surface area contributed by atoms with E-state index < -0.39 is 5.60 Å². The second kappa shape index (κ2) is 11.1. The number of carbonyl (C=O) groups is 1. The van der Waals surface area contributed by atoms with Crippen molar-refractivity contribution in [3.8, 4) is 0 Å². The predicted octanol–water partition coefficient (Wildman–Crippen LogP) is 4.84. The molecule has 0 aliphatic carbocycles. The Labute approximate surface area is 208 Å². The van der Waals surface area contributed by atoms with Gasteiger partial charge >= 0.3 is 6.09 Å². The molecule has 192 valence electrons. The van der Waals surface area contributed by atoms with Gasteiger partial charge in [0.15, 0.2) is 6.23 Å². The zero-order chi connectivity index (χ0) is 25.0. The highest BCUT2D eigenvalue weighted by molar-refractivity contribution is 5.86. The maximum atomic E-state index is 12.3. The van der Waals surface area contributed by atoms with Crippen molar-refractivity contribution in [2.45, 2.75) is 64.8 Å². The fourth-order valence-electron chi connectivity index (χ4n) is 4.53. The fourth-order valence-corrected chi connectivity index (χ4v) is 4.53. The Morgan fingerprint density at radius 1 is 1.20 bits per heavy atom. The van der Waals surface area contributed by atoms with E-state index in [1.54, 1.807) is 11.9 Å². The molecular weight excluding hydrogens is 444 g/mol. The van der Waals surface area contributed by atoms with Gasteiger partial charge in [-0.3, -0.25) is 4.90 Å². The first-order chi connectivity index (χ1) is 16.7. The highest BCUT2D eigenvalue weighted by Gasteiger charge is 2.23. The molecule has 1 atom stereocenters. The van der Waals surface area contributed by atoms with Crippen LogP contribution < -0.4 is 0 Å². The summed E-state index contributed by atoms with van der Waals surface area (Å²) >= 11 is 0. The Hall–Kier alpha value is -2.42. The van der Waals surface area contributed by atoms with E-state index in [1.807, 2.05) is 20.8 Å². The number of rotatable bonds is 7. The fraction of sp³-hybridized carbons (Fsp3) is 0.630. The van der Waals surface area contributed by atoms with Crippen molar-refractivity contribution in [1.82, 2.24) is 19.6 Å². The van der Waals surface area contributed by atoms with Crippen molar-refractivity contribution < 1.29 is 19.0 Å². The predicted molar refractivity (Wildman–Crippen MR) is 137 cm³/mol. The molecule has 0 N–H and O–H groups in total. The summed E-state index contributed by atoms with van der Waals surface area (Å²) in [6.07, 6.45) is 6.04. The van der Waals surface area contributed by atoms with Crippen LogP contribution in [-0.4, -0.2) is 78.3 Å². The summed E-state index contributed by atoms with van der Waals surface area (Å²) in [5.41, 5.74) is 4.21. The Morgan fingerprint density at radius 2 is 2.03 bits per heavy atom. The molecule has 1 unspecified atom stereocenters. The number of aromatic nitrogens is 2. The van der Waals surface area contributed by atoms with Crippen LogP contribution in [0.15, 0.2) is 24.3 Å². The molecule has 8 heteroatoms. The molecule has 2 aliphatic heterocycles. The van der Waals surface area contributed by atoms with E-state index in [1.165, 1.54) is 11.1 Å². The number of hydrogen-bond donors (Lipinski definition) is 0. The van der Waals surface area contributed by atoms with Gasteiger partial charge < -0.3 is 19.1 Å². The van der Waals surface area contributed by atoms with E-state index in [0.29, 0.717) is 26.2 Å². The number of carbonyl (C=O) groups excluding carboxylic acids is 1. The topological polar surface area (TPSA) is 69.1 Å². The molecule has 8 nitrogen and oxygen atoms in total. The SMILES string of the molecule is CN(CCN(C)C(=O)OC(C)(C)C)Cc1nn(C2CCCCO2)c2ccc(C3=CCOCC3)cc12. The Balaban J connectivity index is 1.53. The third-order valence-corrected chi connectivity index (χ3v) is 6.49. The molecular formula is C27H40N4O4. The summed E-state index contributed by atoms with van der Waals surface area (Å²) < 4.78 is 19.1. The van der Waals surface area contributed by atoms with Crippen molar-refractivity contribution >= 4 is 22.6 Å². The van der Waals surface area contributed by atoms with Crippen LogP contribution >= 0.6 is 0 Å². The largest absolute Gasteiger partial charge is 0.444 e. The van der Waals surface area contributed by atoms with Crippen molar-refractivity contribution in [2.24, 2.45) is 0 Å². The monoisotopic (exact) mass is 484 g/mol. The average molecular weight is 485 g/mol. The zero-order valence-corrected chi connectivity index (χ0v) is 21.9. The van der Waals surface area contributed by atoms with Crippen molar-refractivity contribution in [3.05, 3.63) is 35.5 Å². The van der Waals surface area contributed by atoms with Gasteiger partial charge in [-0.2, -0.15) is 5.10 Å². The molecule has 2 aromatic rings. The average Bonchev–Trinajstić information content (AvgIpc) is 3.20. The first kappa shape index (κ1) is 25.7. The van der Waals surface area contributed by atoms with E-state index >= 15 is 0 Å². The molecule has 0 bridgehead atoms. The Morgan fingerprint density at radius 3 is 2.71 bits per heavy atom. The number of ether oxygens (including phenoxy) is 3. The lowest BCUT2D eigenvalue weighted by molar-refractivity contribution is -0.0370. The van der Waals surface area contributed by atoms with E-state index in [-0.39, 0.29) is 12.3 Å². The maximum Gasteiger partial charge on any atom is 0.410 e. The molecule has 4 rings (SSSR count). The van der Waals surface area contributed by atoms with Crippen LogP contribution in [0.3, 0.4) is 0 Å². The summed E-state index contributed by atoms with van der Waals surface area (Å²) in [5, 5.41) is 6.21. The van der Waals surface area contributed by atoms with Crippen LogP contribution in [0, 0.1) is 0 Å². The van der Waals surface area contributed by atoms with Crippen LogP contribution in [0.4, 0.5) is 4.79 Å². The van der Waals surface area contributed by atoms with E-state index in [2.05, 4.69) is 40.9 Å². The number of hydrogen-bond acceptors (Lipinski definition) is 6. The smallest absolute Gasteiger partial charge is 0.410 e. The van der Waals surface area contributed by atoms with E-state index in [0.717, 1.165) is 55.5 Å². The molecule has 1 fully saturated rings. The molecule has 2 aliphatic rings. The molecule has 35 heavy (non-hydrogen) atoms. The Kier molecular flexibility index (Phi) is 8.14. The second-order valence-corrected chi connectivity index (χ2v) is 10.6. The second-order valence-electron chi connectivity index (χ2n) is 10.6. The summed E-state index contributed by atoms with van der Waals surface area (Å²) in [6.45, 7) is 9.84. The van der Waals surface area contributed by atoms with Gasteiger partial charge in [0.1, 0.15) is 5.60 Å². The van der Waals surface area contributed by atoms with Gasteiger partial charge in [-0.1, -0.05) is 12.1 Å². The number of fused-ring (bicyclic) bond motifs is 1. The van der Waals surface area contributed by atoms with Crippen molar-refractivity contribution in [2.75, 3.05) is 47.0 Å². The molecule has 0 radical (unpaired) electrons. The van der Waals surface area contributed by atoms with Gasteiger partial charge in [-0.05, 0) is 76.8 Å². The minimum absolute atomic E-state index is 0.0169. The van der Waals surface area contributed by atoms with Gasteiger partial charge in [0.05, 0.1) is 24.4 Å². The minimum atomic E-state index is -0.498. The van der Waals surface area contributed by atoms with Gasteiger partial charge in [0.2, 0.25) is 0 Å². The van der Waals surface area contributed by atoms with Crippen molar-refractivity contribution in [3.63, 3.8) is 0 Å². The minimum Gasteiger partial charge on any atom is -0.444 e. The van der Waals surface area contributed by atoms with Gasteiger partial charge in [0.25, 0.3) is 0 Å². The van der Waals surface area contributed by atoms with Gasteiger partial charge in [-0.15, -0.1) is 0 Å². The lowest BCUT2D eigenvalue weighted by Crippen LogP contribution is -2.38. The summed E-state index contributed by atoms with van der Waals surface area (Å²) in [7, 11) is 3.84. The summed E-state index contributed by atoms with van der Waals surface area (Å²) in [4.78, 5) is 16.1. The molecule has 3 heterocycles. The van der Waals surface area contributed by atoms with Crippen LogP contribution in [0.2, 0.25) is 0 Å². The third-order valence-electron chi connectivity index (χ3n) is 6.49. The van der Waals surface area contributed by atoms with Crippen LogP contribution in [0.5, 0.6) is 0 Å². The quantitative estimate of drug-likeness (QED) is 0.560. The van der Waals surface area contributed by atoms with Gasteiger partial charge in [-0.25, -0.2) is 9.48 Å². The Bertz CT molecular complexity index is 1050. The molecule has 1 aromatic heterocycles. The number of likely N-dealkylation sites (N-methyl/N-ethyl adjacent to an activating group) is 2. The first-order valence-corrected chi connectivity index (χ1v) is 12.7. The van der Waals surface area contributed by atoms with E-state index in [4.69, 9.17) is 19.3 Å². The lowest BCUT2D eigenvalue weighted by atomic mass is 9.99. The molecule has 1 aromatic carbocycles. The van der Waals surface area contributed by atoms with E-state index in [9.17, 15) is 4.79 Å². The van der Waals surface area contributed by atoms with Crippen LogP contribution in [0.1, 0.15) is 63.9 Å². The highest BCUT2D eigenvalue weighted by atomic mass is 16.6. The third kappa shape index (κ3) is 6.63. The summed E-state index contributed by atoms with van der Waals surface area (Å²) in [5.74, 6) is 0. The lowest BCUT2D eigenvalue weighted by Gasteiger charge is -2.26. The standard InChI is InChI=1S/C27H40N4O4/c1-27(2,3)35-26(32)30(5)14-13-29(4)19-23-22-18-21(20-11-16-33-17-12-20)9-10-24(22)31(28-23)25-8-6-7-15-34-25/h9-11,18,25H,6-8,12-17,19H2,1-5H3. The number of nitrogens with zero attached hydrogens (tertiary/aromatic N) is 4. The maximum absolute atomic E-state index is 12.3. The zero-order valence-electron chi connectivity index (χ0n) is 21.9. The van der Waals surface area contributed by atoms with Crippen LogP contribution in [0.25, 0.3) is 16.5 Å². The first-order valence-electron chi connectivity index (χ1n) is 12.7. The molecule has 1 amide bonds. The molecule has 0 saturated carbocycles. The normalized spacial score (nSPS) is 19.1. The van der Waals surface area contributed by atoms with Crippen LogP contribution in [-0.2, 0) is 20.8 Å². The highest BCUT2D eigenvalue weighted by Crippen LogP contribution is 2.31. The van der Waals surface area contributed by atoms with Gasteiger partial charge in [0, 0.05) is 38.7 Å². The molecule has 0 spiro atoms. The number of benzene rings is 1. The summed E-state index contributed by atoms with van der Waals surface area (Å²) in [6, 6.07) is 6.66. The molecule has 1 saturated heterocycles. The number of amides is 1. The van der Waals surface area contributed by atoms with Crippen molar-refractivity contribution in [1.29, 1.82) is 0 Å².